The Bertz CT molecular complexity index is 785. The molecule has 5 fully saturated rings. The Morgan fingerprint density at radius 3 is 2.39 bits per heavy atom. The van der Waals surface area contributed by atoms with Crippen molar-refractivity contribution in [2.45, 2.75) is 151 Å². The van der Waals surface area contributed by atoms with Crippen LogP contribution in [0.25, 0.3) is 0 Å². The van der Waals surface area contributed by atoms with E-state index in [2.05, 4.69) is 28.1 Å². The fraction of sp³-hybridized carbons (Fsp3) is 0.909. The maximum Gasteiger partial charge on any atom is 0.305 e. The number of hydrogen-bond acceptors (Lipinski definition) is 7. The van der Waals surface area contributed by atoms with Crippen molar-refractivity contribution in [1.82, 2.24) is 0 Å². The summed E-state index contributed by atoms with van der Waals surface area (Å²) in [5, 5.41) is 0. The summed E-state index contributed by atoms with van der Waals surface area (Å²) in [4.78, 5) is 11.8. The fourth-order valence-electron chi connectivity index (χ4n) is 7.68. The fourth-order valence-corrected chi connectivity index (χ4v) is 8.35. The number of alkyl halides is 1. The van der Waals surface area contributed by atoms with Crippen molar-refractivity contribution in [3.63, 3.8) is 0 Å². The Hall–Kier alpha value is -0.510. The molecule has 5 aliphatic rings. The highest BCUT2D eigenvalue weighted by molar-refractivity contribution is 9.09. The highest BCUT2D eigenvalue weighted by Crippen LogP contribution is 2.48. The molecule has 4 unspecified atom stereocenters. The highest BCUT2D eigenvalue weighted by Gasteiger charge is 2.51. The van der Waals surface area contributed by atoms with E-state index in [1.807, 2.05) is 0 Å². The molecule has 2 saturated carbocycles. The summed E-state index contributed by atoms with van der Waals surface area (Å²) in [5.41, 5.74) is 0. The summed E-state index contributed by atoms with van der Waals surface area (Å²) in [6.45, 7) is 1.60. The standard InChI is InChI=1S/C33H53BrO7/c1-36-31(35)13-9-12-27(34)30-21-26-25(28(22-29(26)40-30)41-33-15-6-8-19-38-33)17-16-24(20-23-10-3-2-4-11-23)39-32-14-5-7-18-37-32/h16-17,23-30,32-33H,2-15,18-22H2,1H3/b17-16+/t24-,25-,26-,27?,28-,29-,30?,32?,33?/m1/s1. The molecule has 0 bridgehead atoms. The normalized spacial score (nSPS) is 36.3. The van der Waals surface area contributed by atoms with Crippen molar-refractivity contribution >= 4 is 21.9 Å². The summed E-state index contributed by atoms with van der Waals surface area (Å²) in [7, 11) is 1.45. The Morgan fingerprint density at radius 1 is 0.951 bits per heavy atom. The van der Waals surface area contributed by atoms with Gasteiger partial charge in [0.25, 0.3) is 0 Å². The van der Waals surface area contributed by atoms with E-state index in [-0.39, 0.29) is 53.7 Å². The van der Waals surface area contributed by atoms with Gasteiger partial charge in [0.05, 0.1) is 31.5 Å². The molecular formula is C33H53BrO7. The lowest BCUT2D eigenvalue weighted by Crippen LogP contribution is -2.32. The molecule has 0 aromatic heterocycles. The molecule has 7 nitrogen and oxygen atoms in total. The minimum atomic E-state index is -0.146. The third-order valence-electron chi connectivity index (χ3n) is 9.98. The number of halogens is 1. The number of hydrogen-bond donors (Lipinski definition) is 0. The maximum absolute atomic E-state index is 11.6. The lowest BCUT2D eigenvalue weighted by Gasteiger charge is -2.31. The first kappa shape index (κ1) is 31.9. The summed E-state index contributed by atoms with van der Waals surface area (Å²) < 4.78 is 36.8. The van der Waals surface area contributed by atoms with E-state index in [1.165, 1.54) is 52.1 Å². The van der Waals surface area contributed by atoms with Crippen LogP contribution in [0.1, 0.15) is 109 Å². The Morgan fingerprint density at radius 2 is 1.68 bits per heavy atom. The van der Waals surface area contributed by atoms with Crippen molar-refractivity contribution in [3.05, 3.63) is 12.2 Å². The van der Waals surface area contributed by atoms with Gasteiger partial charge in [-0.3, -0.25) is 4.79 Å². The number of methoxy groups -OCH3 is 1. The second-order valence-electron chi connectivity index (χ2n) is 13.0. The van der Waals surface area contributed by atoms with Crippen molar-refractivity contribution < 1.29 is 33.2 Å². The van der Waals surface area contributed by atoms with Gasteiger partial charge in [0, 0.05) is 36.8 Å². The average molecular weight is 642 g/mol. The molecule has 2 aliphatic carbocycles. The summed E-state index contributed by atoms with van der Waals surface area (Å²) in [6.07, 6.45) is 23.5. The van der Waals surface area contributed by atoms with Gasteiger partial charge in [-0.25, -0.2) is 0 Å². The van der Waals surface area contributed by atoms with Gasteiger partial charge in [0.2, 0.25) is 0 Å². The van der Waals surface area contributed by atoms with E-state index in [4.69, 9.17) is 28.4 Å². The molecule has 0 amide bonds. The topological polar surface area (TPSA) is 72.5 Å². The molecule has 9 atom stereocenters. The van der Waals surface area contributed by atoms with Crippen LogP contribution in [-0.2, 0) is 33.2 Å². The number of fused-ring (bicyclic) bond motifs is 1. The SMILES string of the molecule is COC(=O)CCCC(Br)C1C[C@@H]2[C@@H](/C=C/[C@H](CC3CCCCC3)OC3CCCCO3)[C@H](OC3CCCCO3)C[C@H]2O1. The number of ether oxygens (including phenoxy) is 6. The first-order chi connectivity index (χ1) is 20.1. The molecule has 234 valence electrons. The molecule has 0 aromatic carbocycles. The number of carbonyl (C=O) groups is 1. The third-order valence-corrected chi connectivity index (χ3v) is 11.0. The molecule has 0 aromatic rings. The Labute approximate surface area is 255 Å². The van der Waals surface area contributed by atoms with Gasteiger partial charge in [-0.05, 0) is 76.0 Å². The predicted octanol–water partition coefficient (Wildman–Crippen LogP) is 7.24. The summed E-state index contributed by atoms with van der Waals surface area (Å²) in [6, 6.07) is 0. The van der Waals surface area contributed by atoms with Gasteiger partial charge in [-0.1, -0.05) is 60.2 Å². The van der Waals surface area contributed by atoms with Crippen LogP contribution in [0, 0.1) is 17.8 Å². The van der Waals surface area contributed by atoms with Gasteiger partial charge in [-0.15, -0.1) is 0 Å². The second kappa shape index (κ2) is 16.5. The lowest BCUT2D eigenvalue weighted by molar-refractivity contribution is -0.194. The van der Waals surface area contributed by atoms with Crippen molar-refractivity contribution in [2.75, 3.05) is 20.3 Å². The predicted molar refractivity (Wildman–Crippen MR) is 161 cm³/mol. The minimum absolute atomic E-state index is 0.0761. The van der Waals surface area contributed by atoms with Gasteiger partial charge in [0.1, 0.15) is 0 Å². The minimum Gasteiger partial charge on any atom is -0.469 e. The van der Waals surface area contributed by atoms with Crippen LogP contribution in [0.5, 0.6) is 0 Å². The quantitative estimate of drug-likeness (QED) is 0.119. The van der Waals surface area contributed by atoms with Crippen molar-refractivity contribution in [3.8, 4) is 0 Å². The van der Waals surface area contributed by atoms with E-state index in [0.717, 1.165) is 76.9 Å². The van der Waals surface area contributed by atoms with E-state index in [0.29, 0.717) is 12.3 Å². The molecule has 0 N–H and O–H groups in total. The van der Waals surface area contributed by atoms with Crippen LogP contribution in [0.15, 0.2) is 12.2 Å². The molecule has 41 heavy (non-hydrogen) atoms. The molecule has 3 heterocycles. The van der Waals surface area contributed by atoms with Gasteiger partial charge < -0.3 is 28.4 Å². The Balaban J connectivity index is 1.25. The monoisotopic (exact) mass is 640 g/mol. The molecule has 0 radical (unpaired) electrons. The first-order valence-corrected chi connectivity index (χ1v) is 17.6. The van der Waals surface area contributed by atoms with Crippen LogP contribution in [0.2, 0.25) is 0 Å². The third kappa shape index (κ3) is 9.49. The van der Waals surface area contributed by atoms with E-state index in [1.54, 1.807) is 0 Å². The number of carbonyl (C=O) groups excluding carboxylic acids is 1. The van der Waals surface area contributed by atoms with E-state index >= 15 is 0 Å². The Kier molecular flexibility index (Phi) is 12.9. The summed E-state index contributed by atoms with van der Waals surface area (Å²) in [5.74, 6) is 1.27. The van der Waals surface area contributed by atoms with Crippen LogP contribution < -0.4 is 0 Å². The van der Waals surface area contributed by atoms with Crippen molar-refractivity contribution in [2.24, 2.45) is 17.8 Å². The van der Waals surface area contributed by atoms with Crippen LogP contribution in [-0.4, -0.2) is 68.1 Å². The number of esters is 1. The van der Waals surface area contributed by atoms with Gasteiger partial charge in [-0.2, -0.15) is 0 Å². The maximum atomic E-state index is 11.6. The van der Waals surface area contributed by atoms with Crippen LogP contribution in [0.3, 0.4) is 0 Å². The van der Waals surface area contributed by atoms with E-state index < -0.39 is 0 Å². The average Bonchev–Trinajstić information content (AvgIpc) is 3.55. The molecule has 3 saturated heterocycles. The van der Waals surface area contributed by atoms with Crippen LogP contribution >= 0.6 is 15.9 Å². The number of rotatable bonds is 13. The van der Waals surface area contributed by atoms with Gasteiger partial charge in [0.15, 0.2) is 12.6 Å². The second-order valence-corrected chi connectivity index (χ2v) is 14.2. The zero-order valence-corrected chi connectivity index (χ0v) is 26.7. The molecule has 3 aliphatic heterocycles. The smallest absolute Gasteiger partial charge is 0.305 e. The zero-order chi connectivity index (χ0) is 28.4. The zero-order valence-electron chi connectivity index (χ0n) is 25.1. The first-order valence-electron chi connectivity index (χ1n) is 16.7. The molecular weight excluding hydrogens is 588 g/mol. The largest absolute Gasteiger partial charge is 0.469 e. The molecule has 0 spiro atoms. The van der Waals surface area contributed by atoms with E-state index in [9.17, 15) is 4.79 Å². The molecule has 8 heteroatoms. The lowest BCUT2D eigenvalue weighted by atomic mass is 9.84. The molecule has 5 rings (SSSR count). The van der Waals surface area contributed by atoms with Gasteiger partial charge >= 0.3 is 5.97 Å². The highest BCUT2D eigenvalue weighted by atomic mass is 79.9. The van der Waals surface area contributed by atoms with Crippen LogP contribution in [0.4, 0.5) is 0 Å². The van der Waals surface area contributed by atoms with Crippen molar-refractivity contribution in [1.29, 1.82) is 0 Å². The summed E-state index contributed by atoms with van der Waals surface area (Å²) >= 11 is 3.89.